The lowest BCUT2D eigenvalue weighted by molar-refractivity contribution is 0.392. The predicted octanol–water partition coefficient (Wildman–Crippen LogP) is 3.41. The second-order valence-electron chi connectivity index (χ2n) is 4.01. The maximum atomic E-state index is 8.60. The van der Waals surface area contributed by atoms with Gasteiger partial charge in [0.2, 0.25) is 0 Å². The highest BCUT2D eigenvalue weighted by atomic mass is 14.3. The fourth-order valence-electron chi connectivity index (χ4n) is 1.53. The van der Waals surface area contributed by atoms with Crippen LogP contribution in [0, 0.1) is 23.2 Å². The highest BCUT2D eigenvalue weighted by Crippen LogP contribution is 2.19. The summed E-state index contributed by atoms with van der Waals surface area (Å²) >= 11 is 0. The van der Waals surface area contributed by atoms with E-state index in [4.69, 9.17) is 5.26 Å². The zero-order valence-electron chi connectivity index (χ0n) is 8.90. The molecule has 0 fully saturated rings. The summed E-state index contributed by atoms with van der Waals surface area (Å²) in [5, 5.41) is 8.60. The maximum Gasteiger partial charge on any atom is 0.0624 e. The summed E-state index contributed by atoms with van der Waals surface area (Å²) in [6.45, 7) is 4.37. The average molecular weight is 187 g/mol. The molecule has 14 heavy (non-hydrogen) atoms. The van der Waals surface area contributed by atoms with Crippen molar-refractivity contribution in [1.29, 1.82) is 5.26 Å². The fourth-order valence-corrected chi connectivity index (χ4v) is 1.53. The molecule has 1 aromatic rings. The number of rotatable bonds is 4. The summed E-state index contributed by atoms with van der Waals surface area (Å²) in [5.74, 6) is 1.07. The van der Waals surface area contributed by atoms with Crippen LogP contribution in [0.1, 0.15) is 25.8 Å². The van der Waals surface area contributed by atoms with Crippen molar-refractivity contribution in [2.75, 3.05) is 0 Å². The van der Waals surface area contributed by atoms with Crippen molar-refractivity contribution in [3.8, 4) is 6.07 Å². The smallest absolute Gasteiger partial charge is 0.0624 e. The first kappa shape index (κ1) is 10.8. The minimum Gasteiger partial charge on any atom is -0.198 e. The van der Waals surface area contributed by atoms with E-state index < -0.39 is 0 Å². The van der Waals surface area contributed by atoms with Crippen LogP contribution < -0.4 is 0 Å². The molecule has 0 aliphatic carbocycles. The van der Waals surface area contributed by atoms with Crippen LogP contribution in [-0.4, -0.2) is 0 Å². The number of hydrogen-bond acceptors (Lipinski definition) is 1. The van der Waals surface area contributed by atoms with E-state index in [0.29, 0.717) is 18.3 Å². The van der Waals surface area contributed by atoms with Crippen LogP contribution in [0.3, 0.4) is 0 Å². The van der Waals surface area contributed by atoms with E-state index in [2.05, 4.69) is 44.2 Å². The minimum absolute atomic E-state index is 0.486. The standard InChI is InChI=1S/C13H17N/c1-11(8-9-14)12(2)10-13-6-4-3-5-7-13/h3-7,11-12H,8,10H2,1-2H3. The number of benzene rings is 1. The van der Waals surface area contributed by atoms with E-state index in [1.807, 2.05) is 6.07 Å². The highest BCUT2D eigenvalue weighted by molar-refractivity contribution is 5.15. The van der Waals surface area contributed by atoms with Gasteiger partial charge in [-0.1, -0.05) is 44.2 Å². The molecule has 0 radical (unpaired) electrons. The number of hydrogen-bond donors (Lipinski definition) is 0. The van der Waals surface area contributed by atoms with Gasteiger partial charge in [-0.25, -0.2) is 0 Å². The van der Waals surface area contributed by atoms with Crippen LogP contribution in [0.5, 0.6) is 0 Å². The Bertz CT molecular complexity index is 297. The third-order valence-electron chi connectivity index (χ3n) is 2.79. The molecule has 74 valence electrons. The van der Waals surface area contributed by atoms with Crippen LogP contribution in [0.15, 0.2) is 30.3 Å². The molecule has 1 nitrogen and oxygen atoms in total. The van der Waals surface area contributed by atoms with Crippen LogP contribution in [0.4, 0.5) is 0 Å². The van der Waals surface area contributed by atoms with Crippen molar-refractivity contribution in [2.24, 2.45) is 11.8 Å². The van der Waals surface area contributed by atoms with Gasteiger partial charge in [-0.2, -0.15) is 5.26 Å². The SMILES string of the molecule is CC(CC#N)C(C)Cc1ccccc1. The summed E-state index contributed by atoms with van der Waals surface area (Å²) in [4.78, 5) is 0. The molecule has 0 aliphatic rings. The Hall–Kier alpha value is -1.29. The quantitative estimate of drug-likeness (QED) is 0.708. The van der Waals surface area contributed by atoms with Crippen LogP contribution in [0.25, 0.3) is 0 Å². The molecule has 0 saturated heterocycles. The van der Waals surface area contributed by atoms with E-state index in [-0.39, 0.29) is 0 Å². The molecule has 1 heteroatoms. The lowest BCUT2D eigenvalue weighted by Crippen LogP contribution is -2.10. The molecular weight excluding hydrogens is 170 g/mol. The summed E-state index contributed by atoms with van der Waals surface area (Å²) in [5.41, 5.74) is 1.37. The van der Waals surface area contributed by atoms with Crippen molar-refractivity contribution in [2.45, 2.75) is 26.7 Å². The van der Waals surface area contributed by atoms with E-state index in [9.17, 15) is 0 Å². The zero-order chi connectivity index (χ0) is 10.4. The Morgan fingerprint density at radius 2 is 1.79 bits per heavy atom. The summed E-state index contributed by atoms with van der Waals surface area (Å²) in [6.07, 6.45) is 1.73. The number of nitriles is 1. The van der Waals surface area contributed by atoms with E-state index in [0.717, 1.165) is 6.42 Å². The third-order valence-corrected chi connectivity index (χ3v) is 2.79. The summed E-state index contributed by atoms with van der Waals surface area (Å²) in [6, 6.07) is 12.7. The second kappa shape index (κ2) is 5.44. The fraction of sp³-hybridized carbons (Fsp3) is 0.462. The Morgan fingerprint density at radius 1 is 1.14 bits per heavy atom. The Morgan fingerprint density at radius 3 is 2.36 bits per heavy atom. The van der Waals surface area contributed by atoms with Crippen LogP contribution >= 0.6 is 0 Å². The summed E-state index contributed by atoms with van der Waals surface area (Å²) in [7, 11) is 0. The van der Waals surface area contributed by atoms with Crippen LogP contribution in [-0.2, 0) is 6.42 Å². The summed E-state index contributed by atoms with van der Waals surface area (Å²) < 4.78 is 0. The van der Waals surface area contributed by atoms with Gasteiger partial charge in [0.05, 0.1) is 6.07 Å². The first-order valence-electron chi connectivity index (χ1n) is 5.15. The van der Waals surface area contributed by atoms with Gasteiger partial charge in [0.15, 0.2) is 0 Å². The highest BCUT2D eigenvalue weighted by Gasteiger charge is 2.11. The van der Waals surface area contributed by atoms with E-state index in [1.165, 1.54) is 5.56 Å². The van der Waals surface area contributed by atoms with Gasteiger partial charge in [-0.05, 0) is 23.8 Å². The maximum absolute atomic E-state index is 8.60. The molecule has 0 bridgehead atoms. The van der Waals surface area contributed by atoms with Gasteiger partial charge < -0.3 is 0 Å². The third kappa shape index (κ3) is 3.22. The topological polar surface area (TPSA) is 23.8 Å². The van der Waals surface area contributed by atoms with Crippen molar-refractivity contribution in [3.05, 3.63) is 35.9 Å². The van der Waals surface area contributed by atoms with Crippen molar-refractivity contribution in [1.82, 2.24) is 0 Å². The van der Waals surface area contributed by atoms with Crippen LogP contribution in [0.2, 0.25) is 0 Å². The van der Waals surface area contributed by atoms with Gasteiger partial charge in [-0.3, -0.25) is 0 Å². The van der Waals surface area contributed by atoms with Gasteiger partial charge >= 0.3 is 0 Å². The Kier molecular flexibility index (Phi) is 4.19. The zero-order valence-corrected chi connectivity index (χ0v) is 8.90. The molecule has 0 spiro atoms. The molecule has 1 aromatic carbocycles. The van der Waals surface area contributed by atoms with Crippen molar-refractivity contribution >= 4 is 0 Å². The first-order valence-corrected chi connectivity index (χ1v) is 5.15. The van der Waals surface area contributed by atoms with E-state index >= 15 is 0 Å². The first-order chi connectivity index (χ1) is 6.74. The second-order valence-corrected chi connectivity index (χ2v) is 4.01. The molecule has 0 aliphatic heterocycles. The Labute approximate surface area is 86.4 Å². The molecule has 2 atom stereocenters. The lowest BCUT2D eigenvalue weighted by atomic mass is 9.88. The Balaban J connectivity index is 2.49. The molecule has 0 heterocycles. The predicted molar refractivity (Wildman–Crippen MR) is 58.7 cm³/mol. The normalized spacial score (nSPS) is 14.4. The molecule has 0 N–H and O–H groups in total. The number of nitrogens with zero attached hydrogens (tertiary/aromatic N) is 1. The minimum atomic E-state index is 0.486. The monoisotopic (exact) mass is 187 g/mol. The van der Waals surface area contributed by atoms with Crippen molar-refractivity contribution in [3.63, 3.8) is 0 Å². The van der Waals surface area contributed by atoms with Gasteiger partial charge in [0.1, 0.15) is 0 Å². The van der Waals surface area contributed by atoms with Crippen molar-refractivity contribution < 1.29 is 0 Å². The van der Waals surface area contributed by atoms with E-state index in [1.54, 1.807) is 0 Å². The molecule has 1 rings (SSSR count). The molecule has 0 amide bonds. The largest absolute Gasteiger partial charge is 0.198 e. The molecular formula is C13H17N. The lowest BCUT2D eigenvalue weighted by Gasteiger charge is -2.16. The van der Waals surface area contributed by atoms with Gasteiger partial charge in [-0.15, -0.1) is 0 Å². The van der Waals surface area contributed by atoms with Gasteiger partial charge in [0, 0.05) is 6.42 Å². The molecule has 2 unspecified atom stereocenters. The molecule has 0 saturated carbocycles. The molecule has 0 aromatic heterocycles. The van der Waals surface area contributed by atoms with Gasteiger partial charge in [0.25, 0.3) is 0 Å². The average Bonchev–Trinajstić information content (AvgIpc) is 2.19.